The van der Waals surface area contributed by atoms with Gasteiger partial charge in [0.1, 0.15) is 23.0 Å². The minimum Gasteiger partial charge on any atom is -0.457 e. The molecule has 0 amide bonds. The highest BCUT2D eigenvalue weighted by molar-refractivity contribution is 5.55. The molecule has 0 heterocycles. The lowest BCUT2D eigenvalue weighted by molar-refractivity contribution is 0.279. The quantitative estimate of drug-likeness (QED) is 0.249. The molecule has 1 saturated carbocycles. The number of rotatable bonds is 6. The molecule has 0 bridgehead atoms. The zero-order chi connectivity index (χ0) is 27.7. The second kappa shape index (κ2) is 10.7. The van der Waals surface area contributed by atoms with E-state index in [1.165, 1.54) is 24.0 Å². The van der Waals surface area contributed by atoms with Crippen LogP contribution < -0.4 is 20.9 Å². The number of anilines is 2. The van der Waals surface area contributed by atoms with Crippen molar-refractivity contribution in [1.82, 2.24) is 0 Å². The first-order valence-electron chi connectivity index (χ1n) is 13.9. The summed E-state index contributed by atoms with van der Waals surface area (Å²) in [5, 5.41) is 0. The Balaban J connectivity index is 1.53. The van der Waals surface area contributed by atoms with Crippen LogP contribution in [-0.4, -0.2) is 0 Å². The number of ether oxygens (including phenoxy) is 2. The summed E-state index contributed by atoms with van der Waals surface area (Å²) < 4.78 is 12.7. The Morgan fingerprint density at radius 1 is 0.590 bits per heavy atom. The maximum Gasteiger partial charge on any atom is 0.133 e. The van der Waals surface area contributed by atoms with E-state index >= 15 is 0 Å². The molecule has 202 valence electrons. The molecule has 4 nitrogen and oxygen atoms in total. The Labute approximate surface area is 233 Å². The fourth-order valence-electron chi connectivity index (χ4n) is 6.08. The molecule has 0 saturated heterocycles. The first-order valence-corrected chi connectivity index (χ1v) is 13.9. The second-order valence-corrected chi connectivity index (χ2v) is 11.5. The maximum absolute atomic E-state index is 6.33. The van der Waals surface area contributed by atoms with Crippen LogP contribution in [0.2, 0.25) is 0 Å². The molecule has 5 rings (SSSR count). The highest BCUT2D eigenvalue weighted by Gasteiger charge is 2.38. The van der Waals surface area contributed by atoms with E-state index in [9.17, 15) is 0 Å². The average Bonchev–Trinajstić information content (AvgIpc) is 2.91. The summed E-state index contributed by atoms with van der Waals surface area (Å²) in [6.45, 7) is 11.0. The van der Waals surface area contributed by atoms with Crippen molar-refractivity contribution in [2.45, 2.75) is 65.7 Å². The number of aryl methyl sites for hydroxylation is 4. The number of nitrogen functional groups attached to an aromatic ring is 2. The van der Waals surface area contributed by atoms with E-state index in [1.54, 1.807) is 0 Å². The molecule has 0 aromatic heterocycles. The minimum atomic E-state index is -0.0446. The van der Waals surface area contributed by atoms with Crippen LogP contribution >= 0.6 is 0 Å². The van der Waals surface area contributed by atoms with Crippen molar-refractivity contribution in [2.75, 3.05) is 11.5 Å². The van der Waals surface area contributed by atoms with E-state index in [-0.39, 0.29) is 5.41 Å². The van der Waals surface area contributed by atoms with Gasteiger partial charge in [-0.25, -0.2) is 0 Å². The van der Waals surface area contributed by atoms with Crippen LogP contribution in [0.1, 0.15) is 66.0 Å². The molecule has 0 atom stereocenters. The maximum atomic E-state index is 6.33. The van der Waals surface area contributed by atoms with Gasteiger partial charge in [0.05, 0.1) is 0 Å². The van der Waals surface area contributed by atoms with Gasteiger partial charge in [-0.15, -0.1) is 0 Å². The number of nitrogens with two attached hydrogens (primary N) is 2. The van der Waals surface area contributed by atoms with Crippen molar-refractivity contribution in [3.05, 3.63) is 106 Å². The first kappa shape index (κ1) is 26.7. The summed E-state index contributed by atoms with van der Waals surface area (Å²) in [5.74, 6) is 4.17. The monoisotopic (exact) mass is 520 g/mol. The number of hydrogen-bond donors (Lipinski definition) is 2. The molecular weight excluding hydrogens is 480 g/mol. The van der Waals surface area contributed by atoms with Crippen LogP contribution in [0.4, 0.5) is 11.4 Å². The zero-order valence-electron chi connectivity index (χ0n) is 23.8. The van der Waals surface area contributed by atoms with Gasteiger partial charge in [-0.05, 0) is 141 Å². The molecule has 0 aliphatic heterocycles. The van der Waals surface area contributed by atoms with E-state index in [4.69, 9.17) is 20.9 Å². The minimum absolute atomic E-state index is 0.0446. The summed E-state index contributed by atoms with van der Waals surface area (Å²) in [4.78, 5) is 0. The molecule has 4 aromatic rings. The third-order valence-electron chi connectivity index (χ3n) is 8.35. The van der Waals surface area contributed by atoms with E-state index in [0.717, 1.165) is 75.4 Å². The van der Waals surface area contributed by atoms with Gasteiger partial charge in [0.15, 0.2) is 0 Å². The van der Waals surface area contributed by atoms with Crippen molar-refractivity contribution < 1.29 is 9.47 Å². The molecule has 4 heteroatoms. The summed E-state index contributed by atoms with van der Waals surface area (Å²) in [7, 11) is 0. The number of hydrogen-bond acceptors (Lipinski definition) is 4. The van der Waals surface area contributed by atoms with Gasteiger partial charge in [-0.2, -0.15) is 0 Å². The van der Waals surface area contributed by atoms with Gasteiger partial charge in [-0.3, -0.25) is 0 Å². The molecular formula is C35H40N2O2. The average molecular weight is 521 g/mol. The van der Waals surface area contributed by atoms with Crippen LogP contribution in [0.3, 0.4) is 0 Å². The van der Waals surface area contributed by atoms with Gasteiger partial charge in [0.2, 0.25) is 0 Å². The van der Waals surface area contributed by atoms with Gasteiger partial charge in [-0.1, -0.05) is 31.2 Å². The molecule has 4 aromatic carbocycles. The van der Waals surface area contributed by atoms with Crippen molar-refractivity contribution in [3.8, 4) is 23.0 Å². The van der Waals surface area contributed by atoms with Crippen LogP contribution in [0.5, 0.6) is 23.0 Å². The highest BCUT2D eigenvalue weighted by Crippen LogP contribution is 2.49. The second-order valence-electron chi connectivity index (χ2n) is 11.5. The molecule has 1 aliphatic rings. The lowest BCUT2D eigenvalue weighted by Crippen LogP contribution is -2.33. The van der Waals surface area contributed by atoms with Crippen molar-refractivity contribution >= 4 is 11.4 Å². The third kappa shape index (κ3) is 5.47. The number of benzene rings is 4. The Morgan fingerprint density at radius 2 is 0.923 bits per heavy atom. The normalized spacial score (nSPS) is 15.2. The Morgan fingerprint density at radius 3 is 1.26 bits per heavy atom. The van der Waals surface area contributed by atoms with Gasteiger partial charge in [0.25, 0.3) is 0 Å². The van der Waals surface area contributed by atoms with E-state index in [1.807, 2.05) is 48.5 Å². The largest absolute Gasteiger partial charge is 0.457 e. The zero-order valence-corrected chi connectivity index (χ0v) is 23.8. The van der Waals surface area contributed by atoms with Crippen molar-refractivity contribution in [3.63, 3.8) is 0 Å². The Kier molecular flexibility index (Phi) is 7.31. The lowest BCUT2D eigenvalue weighted by Gasteiger charge is -2.41. The third-order valence-corrected chi connectivity index (χ3v) is 8.35. The molecule has 0 radical (unpaired) electrons. The summed E-state index contributed by atoms with van der Waals surface area (Å²) in [5.41, 5.74) is 20.5. The lowest BCUT2D eigenvalue weighted by atomic mass is 9.62. The fraction of sp³-hybridized carbons (Fsp3) is 0.314. The fourth-order valence-corrected chi connectivity index (χ4v) is 6.08. The van der Waals surface area contributed by atoms with Crippen LogP contribution in [0, 0.1) is 33.6 Å². The van der Waals surface area contributed by atoms with Gasteiger partial charge >= 0.3 is 0 Å². The predicted molar refractivity (Wildman–Crippen MR) is 162 cm³/mol. The Bertz CT molecular complexity index is 1310. The first-order chi connectivity index (χ1) is 18.6. The van der Waals surface area contributed by atoms with Crippen LogP contribution in [-0.2, 0) is 5.41 Å². The molecule has 0 spiro atoms. The van der Waals surface area contributed by atoms with E-state index < -0.39 is 0 Å². The van der Waals surface area contributed by atoms with Gasteiger partial charge < -0.3 is 20.9 Å². The van der Waals surface area contributed by atoms with Crippen LogP contribution in [0.25, 0.3) is 0 Å². The summed E-state index contributed by atoms with van der Waals surface area (Å²) in [6, 6.07) is 24.6. The molecule has 1 fully saturated rings. The Hall–Kier alpha value is -3.92. The molecule has 4 N–H and O–H groups in total. The molecule has 1 aliphatic carbocycles. The summed E-state index contributed by atoms with van der Waals surface area (Å²) >= 11 is 0. The SMILES string of the molecule is Cc1cc(C2(c3cc(C)c(Oc4ccc(N)cc4)c(C)c3)CCC(C)CC2)cc(C)c1Oc1ccc(N)cc1. The van der Waals surface area contributed by atoms with Crippen molar-refractivity contribution in [2.24, 2.45) is 5.92 Å². The molecule has 39 heavy (non-hydrogen) atoms. The summed E-state index contributed by atoms with van der Waals surface area (Å²) in [6.07, 6.45) is 4.68. The predicted octanol–water partition coefficient (Wildman–Crippen LogP) is 9.17. The standard InChI is InChI=1S/C35H40N2O2/c1-22-14-16-35(17-15-22,27-18-23(2)33(24(3)19-27)38-31-10-6-29(36)7-11-31)28-20-25(4)34(26(5)21-28)39-32-12-8-30(37)9-13-32/h6-13,18-22H,14-17,36-37H2,1-5H3. The smallest absolute Gasteiger partial charge is 0.133 e. The molecule has 0 unspecified atom stereocenters. The van der Waals surface area contributed by atoms with E-state index in [2.05, 4.69) is 58.9 Å². The highest BCUT2D eigenvalue weighted by atomic mass is 16.5. The van der Waals surface area contributed by atoms with E-state index in [0.29, 0.717) is 0 Å². The van der Waals surface area contributed by atoms with Crippen LogP contribution in [0.15, 0.2) is 72.8 Å². The topological polar surface area (TPSA) is 70.5 Å². The van der Waals surface area contributed by atoms with Gasteiger partial charge in [0, 0.05) is 16.8 Å². The van der Waals surface area contributed by atoms with Crippen molar-refractivity contribution in [1.29, 1.82) is 0 Å².